The van der Waals surface area contributed by atoms with Crippen LogP contribution in [-0.4, -0.2) is 25.5 Å². The number of hydrogen-bond acceptors (Lipinski definition) is 4. The first-order valence-electron chi connectivity index (χ1n) is 8.63. The highest BCUT2D eigenvalue weighted by Gasteiger charge is 2.26. The van der Waals surface area contributed by atoms with Crippen molar-refractivity contribution in [1.82, 2.24) is 5.32 Å². The van der Waals surface area contributed by atoms with Crippen LogP contribution in [0.15, 0.2) is 36.9 Å². The van der Waals surface area contributed by atoms with E-state index in [-0.39, 0.29) is 11.8 Å². The largest absolute Gasteiger partial charge is 0.496 e. The van der Waals surface area contributed by atoms with Crippen LogP contribution < -0.4 is 15.4 Å². The number of para-hydroxylation sites is 1. The highest BCUT2D eigenvalue weighted by atomic mass is 32.1. The van der Waals surface area contributed by atoms with Gasteiger partial charge in [0.2, 0.25) is 0 Å². The van der Waals surface area contributed by atoms with Crippen LogP contribution in [0.4, 0.5) is 5.00 Å². The number of carbonyl (C=O) groups is 2. The molecule has 0 bridgehead atoms. The maximum atomic E-state index is 12.8. The monoisotopic (exact) mass is 370 g/mol. The summed E-state index contributed by atoms with van der Waals surface area (Å²) in [5.41, 5.74) is 2.10. The zero-order chi connectivity index (χ0) is 18.5. The Balaban J connectivity index is 1.94. The molecule has 0 unspecified atom stereocenters. The first kappa shape index (κ1) is 18.2. The molecule has 0 atom stereocenters. The zero-order valence-corrected chi connectivity index (χ0v) is 15.6. The number of amides is 2. The highest BCUT2D eigenvalue weighted by Crippen LogP contribution is 2.38. The van der Waals surface area contributed by atoms with Crippen LogP contribution in [0.2, 0.25) is 0 Å². The number of thiophene rings is 1. The molecule has 26 heavy (non-hydrogen) atoms. The molecule has 1 aliphatic rings. The molecule has 2 aromatic rings. The number of rotatable bonds is 6. The van der Waals surface area contributed by atoms with Crippen LogP contribution in [0.25, 0.3) is 0 Å². The Morgan fingerprint density at radius 1 is 1.23 bits per heavy atom. The number of nitrogens with one attached hydrogen (secondary N) is 2. The third-order valence-corrected chi connectivity index (χ3v) is 5.59. The van der Waals surface area contributed by atoms with Crippen molar-refractivity contribution in [2.75, 3.05) is 19.0 Å². The summed E-state index contributed by atoms with van der Waals surface area (Å²) >= 11 is 1.50. The van der Waals surface area contributed by atoms with Gasteiger partial charge < -0.3 is 15.4 Å². The lowest BCUT2D eigenvalue weighted by Gasteiger charge is -2.13. The van der Waals surface area contributed by atoms with Gasteiger partial charge in [0.15, 0.2) is 0 Å². The molecule has 1 heterocycles. The van der Waals surface area contributed by atoms with Crippen LogP contribution in [0, 0.1) is 0 Å². The normalized spacial score (nSPS) is 12.8. The number of anilines is 1. The molecule has 1 aliphatic carbocycles. The van der Waals surface area contributed by atoms with E-state index < -0.39 is 0 Å². The minimum atomic E-state index is -0.279. The predicted octanol–water partition coefficient (Wildman–Crippen LogP) is 3.80. The number of methoxy groups -OCH3 is 1. The molecule has 0 radical (unpaired) electrons. The van der Waals surface area contributed by atoms with Gasteiger partial charge in [-0.3, -0.25) is 9.59 Å². The molecule has 3 rings (SSSR count). The molecule has 2 N–H and O–H groups in total. The zero-order valence-electron chi connectivity index (χ0n) is 14.8. The summed E-state index contributed by atoms with van der Waals surface area (Å²) in [6.07, 6.45) is 5.63. The molecule has 2 amide bonds. The third kappa shape index (κ3) is 3.65. The van der Waals surface area contributed by atoms with Crippen molar-refractivity contribution in [2.24, 2.45) is 0 Å². The lowest BCUT2D eigenvalue weighted by molar-refractivity contribution is 0.0958. The molecule has 0 saturated heterocycles. The Bertz CT molecular complexity index is 842. The number of fused-ring (bicyclic) bond motifs is 1. The molecule has 6 heteroatoms. The third-order valence-electron chi connectivity index (χ3n) is 4.38. The van der Waals surface area contributed by atoms with Gasteiger partial charge >= 0.3 is 0 Å². The van der Waals surface area contributed by atoms with Gasteiger partial charge in [0.05, 0.1) is 18.2 Å². The molecule has 1 aromatic carbocycles. The van der Waals surface area contributed by atoms with E-state index in [1.807, 2.05) is 6.07 Å². The van der Waals surface area contributed by atoms with Crippen molar-refractivity contribution in [3.63, 3.8) is 0 Å². The van der Waals surface area contributed by atoms with Crippen molar-refractivity contribution < 1.29 is 14.3 Å². The molecule has 0 fully saturated rings. The second-order valence-corrected chi connectivity index (χ2v) is 7.17. The van der Waals surface area contributed by atoms with Gasteiger partial charge in [0.25, 0.3) is 11.8 Å². The summed E-state index contributed by atoms with van der Waals surface area (Å²) in [5, 5.41) is 6.37. The minimum Gasteiger partial charge on any atom is -0.496 e. The van der Waals surface area contributed by atoms with Crippen molar-refractivity contribution in [3.8, 4) is 5.75 Å². The highest BCUT2D eigenvalue weighted by molar-refractivity contribution is 7.17. The number of benzene rings is 1. The Morgan fingerprint density at radius 2 is 2.00 bits per heavy atom. The quantitative estimate of drug-likeness (QED) is 0.760. The molecule has 0 aliphatic heterocycles. The van der Waals surface area contributed by atoms with E-state index in [2.05, 4.69) is 17.2 Å². The predicted molar refractivity (Wildman–Crippen MR) is 104 cm³/mol. The first-order valence-corrected chi connectivity index (χ1v) is 9.45. The van der Waals surface area contributed by atoms with Crippen molar-refractivity contribution in [3.05, 3.63) is 58.5 Å². The second-order valence-electron chi connectivity index (χ2n) is 6.07. The van der Waals surface area contributed by atoms with E-state index in [4.69, 9.17) is 4.74 Å². The number of carbonyl (C=O) groups excluding carboxylic acids is 2. The van der Waals surface area contributed by atoms with Gasteiger partial charge in [-0.05, 0) is 43.4 Å². The fourth-order valence-electron chi connectivity index (χ4n) is 3.15. The van der Waals surface area contributed by atoms with E-state index in [1.54, 1.807) is 24.3 Å². The summed E-state index contributed by atoms with van der Waals surface area (Å²) in [6, 6.07) is 7.05. The average molecular weight is 370 g/mol. The summed E-state index contributed by atoms with van der Waals surface area (Å²) in [4.78, 5) is 26.6. The smallest absolute Gasteiger partial charge is 0.260 e. The molecule has 0 spiro atoms. The summed E-state index contributed by atoms with van der Waals surface area (Å²) < 4.78 is 5.27. The Kier molecular flexibility index (Phi) is 5.73. The van der Waals surface area contributed by atoms with E-state index in [0.29, 0.717) is 28.4 Å². The summed E-state index contributed by atoms with van der Waals surface area (Å²) in [7, 11) is 1.53. The lowest BCUT2D eigenvalue weighted by atomic mass is 9.95. The Morgan fingerprint density at radius 3 is 2.77 bits per heavy atom. The number of ether oxygens (including phenoxy) is 1. The number of aryl methyl sites for hydroxylation is 1. The molecular formula is C20H22N2O3S. The summed E-state index contributed by atoms with van der Waals surface area (Å²) in [5.74, 6) is 0.0578. The topological polar surface area (TPSA) is 67.4 Å². The molecule has 5 nitrogen and oxygen atoms in total. The van der Waals surface area contributed by atoms with Crippen molar-refractivity contribution in [2.45, 2.75) is 25.7 Å². The van der Waals surface area contributed by atoms with Crippen LogP contribution >= 0.6 is 11.3 Å². The van der Waals surface area contributed by atoms with E-state index in [9.17, 15) is 9.59 Å². The number of hydrogen-bond donors (Lipinski definition) is 2. The maximum absolute atomic E-state index is 12.8. The van der Waals surface area contributed by atoms with E-state index in [0.717, 1.165) is 31.2 Å². The van der Waals surface area contributed by atoms with E-state index in [1.165, 1.54) is 23.3 Å². The first-order chi connectivity index (χ1) is 12.7. The molecular weight excluding hydrogens is 348 g/mol. The van der Waals surface area contributed by atoms with Gasteiger partial charge in [-0.15, -0.1) is 17.9 Å². The SMILES string of the molecule is C=CCNC(=O)c1c(NC(=O)c2ccccc2OC)sc2c1CCCC2. The Hall–Kier alpha value is -2.60. The maximum Gasteiger partial charge on any atom is 0.260 e. The van der Waals surface area contributed by atoms with Crippen molar-refractivity contribution >= 4 is 28.2 Å². The Labute approximate surface area is 157 Å². The van der Waals surface area contributed by atoms with Crippen LogP contribution in [-0.2, 0) is 12.8 Å². The lowest BCUT2D eigenvalue weighted by Crippen LogP contribution is -2.26. The fourth-order valence-corrected chi connectivity index (χ4v) is 4.43. The minimum absolute atomic E-state index is 0.167. The van der Waals surface area contributed by atoms with Gasteiger partial charge in [0.1, 0.15) is 10.8 Å². The standard InChI is InChI=1S/C20H22N2O3S/c1-3-12-21-19(24)17-14-9-5-7-11-16(14)26-20(17)22-18(23)13-8-4-6-10-15(13)25-2/h3-4,6,8,10H,1,5,7,9,11-12H2,2H3,(H,21,24)(H,22,23). The van der Waals surface area contributed by atoms with Crippen LogP contribution in [0.1, 0.15) is 44.0 Å². The molecule has 0 saturated carbocycles. The van der Waals surface area contributed by atoms with Crippen LogP contribution in [0.5, 0.6) is 5.75 Å². The molecule has 136 valence electrons. The van der Waals surface area contributed by atoms with E-state index >= 15 is 0 Å². The second kappa shape index (κ2) is 8.19. The van der Waals surface area contributed by atoms with Gasteiger partial charge in [-0.25, -0.2) is 0 Å². The van der Waals surface area contributed by atoms with Gasteiger partial charge in [0, 0.05) is 11.4 Å². The molecule has 1 aromatic heterocycles. The van der Waals surface area contributed by atoms with Crippen molar-refractivity contribution in [1.29, 1.82) is 0 Å². The van der Waals surface area contributed by atoms with Gasteiger partial charge in [-0.2, -0.15) is 0 Å². The van der Waals surface area contributed by atoms with Crippen LogP contribution in [0.3, 0.4) is 0 Å². The average Bonchev–Trinajstić information content (AvgIpc) is 3.03. The summed E-state index contributed by atoms with van der Waals surface area (Å²) in [6.45, 7) is 4.03. The fraction of sp³-hybridized carbons (Fsp3) is 0.300. The van der Waals surface area contributed by atoms with Gasteiger partial charge in [-0.1, -0.05) is 18.2 Å².